The van der Waals surface area contributed by atoms with Crippen LogP contribution in [-0.4, -0.2) is 17.7 Å². The Kier molecular flexibility index (Phi) is 4.13. The van der Waals surface area contributed by atoms with E-state index in [1.165, 1.54) is 0 Å². The molecule has 0 aromatic heterocycles. The fourth-order valence-corrected chi connectivity index (χ4v) is 1.40. The number of ether oxygens (including phenoxy) is 1. The van der Waals surface area contributed by atoms with Crippen LogP contribution in [0.1, 0.15) is 19.4 Å². The van der Waals surface area contributed by atoms with Crippen LogP contribution >= 0.6 is 15.9 Å². The summed E-state index contributed by atoms with van der Waals surface area (Å²) in [5, 5.41) is 17.9. The van der Waals surface area contributed by atoms with Gasteiger partial charge in [-0.25, -0.2) is 0 Å². The third-order valence-corrected chi connectivity index (χ3v) is 2.72. The molecule has 1 N–H and O–H groups in total. The fourth-order valence-electron chi connectivity index (χ4n) is 1.04. The maximum atomic E-state index is 10.9. The third-order valence-electron chi connectivity index (χ3n) is 2.23. The van der Waals surface area contributed by atoms with E-state index < -0.39 is 11.4 Å². The second kappa shape index (κ2) is 5.19. The Morgan fingerprint density at radius 3 is 2.76 bits per heavy atom. The van der Waals surface area contributed by atoms with Crippen LogP contribution in [0.3, 0.4) is 0 Å². The second-order valence-corrected chi connectivity index (χ2v) is 5.15. The molecule has 5 heteroatoms. The smallest absolute Gasteiger partial charge is 0.312 e. The Hall–Kier alpha value is -1.54. The van der Waals surface area contributed by atoms with Crippen molar-refractivity contribution < 1.29 is 14.6 Å². The van der Waals surface area contributed by atoms with Crippen molar-refractivity contribution in [2.75, 3.05) is 6.61 Å². The zero-order chi connectivity index (χ0) is 13.1. The second-order valence-electron chi connectivity index (χ2n) is 4.23. The lowest BCUT2D eigenvalue weighted by Crippen LogP contribution is -2.30. The first kappa shape index (κ1) is 13.5. The fraction of sp³-hybridized carbons (Fsp3) is 0.333. The van der Waals surface area contributed by atoms with Gasteiger partial charge in [-0.2, -0.15) is 5.26 Å². The summed E-state index contributed by atoms with van der Waals surface area (Å²) in [5.74, 6) is -0.543. The van der Waals surface area contributed by atoms with E-state index in [2.05, 4.69) is 15.9 Å². The predicted molar refractivity (Wildman–Crippen MR) is 65.8 cm³/mol. The Morgan fingerprint density at radius 1 is 1.59 bits per heavy atom. The van der Waals surface area contributed by atoms with Crippen molar-refractivity contribution in [2.45, 2.75) is 13.8 Å². The Morgan fingerprint density at radius 2 is 2.24 bits per heavy atom. The van der Waals surface area contributed by atoms with Crippen LogP contribution in [0.4, 0.5) is 0 Å². The number of hydrogen-bond acceptors (Lipinski definition) is 3. The van der Waals surface area contributed by atoms with Crippen LogP contribution in [-0.2, 0) is 4.79 Å². The Bertz CT molecular complexity index is 477. The first-order valence-electron chi connectivity index (χ1n) is 4.92. The Labute approximate surface area is 108 Å². The normalized spacial score (nSPS) is 10.7. The van der Waals surface area contributed by atoms with Crippen LogP contribution in [0.25, 0.3) is 0 Å². The van der Waals surface area contributed by atoms with E-state index in [0.29, 0.717) is 11.3 Å². The molecule has 1 aromatic carbocycles. The number of carboxylic acid groups (broad SMARTS) is 1. The van der Waals surface area contributed by atoms with Crippen molar-refractivity contribution in [3.63, 3.8) is 0 Å². The van der Waals surface area contributed by atoms with E-state index in [1.807, 2.05) is 6.07 Å². The molecule has 17 heavy (non-hydrogen) atoms. The van der Waals surface area contributed by atoms with Gasteiger partial charge in [-0.1, -0.05) is 15.9 Å². The van der Waals surface area contributed by atoms with Gasteiger partial charge in [0.25, 0.3) is 0 Å². The summed E-state index contributed by atoms with van der Waals surface area (Å²) < 4.78 is 6.16. The summed E-state index contributed by atoms with van der Waals surface area (Å²) >= 11 is 3.25. The summed E-state index contributed by atoms with van der Waals surface area (Å²) in [6, 6.07) is 7.01. The van der Waals surface area contributed by atoms with Crippen molar-refractivity contribution in [1.82, 2.24) is 0 Å². The van der Waals surface area contributed by atoms with Crippen molar-refractivity contribution in [3.8, 4) is 11.8 Å². The van der Waals surface area contributed by atoms with Gasteiger partial charge in [-0.15, -0.1) is 0 Å². The molecular formula is C12H12BrNO3. The van der Waals surface area contributed by atoms with E-state index in [0.717, 1.165) is 4.47 Å². The minimum absolute atomic E-state index is 0.0125. The van der Waals surface area contributed by atoms with Crippen molar-refractivity contribution in [3.05, 3.63) is 28.2 Å². The average molecular weight is 298 g/mol. The van der Waals surface area contributed by atoms with Gasteiger partial charge in [0.2, 0.25) is 0 Å². The van der Waals surface area contributed by atoms with E-state index in [9.17, 15) is 4.79 Å². The topological polar surface area (TPSA) is 70.3 Å². The SMILES string of the molecule is CC(C)(COc1ccc(Br)cc1C#N)C(=O)O. The lowest BCUT2D eigenvalue weighted by atomic mass is 9.95. The molecule has 4 nitrogen and oxygen atoms in total. The third kappa shape index (κ3) is 3.46. The molecule has 0 aliphatic rings. The number of benzene rings is 1. The molecule has 0 aliphatic carbocycles. The first-order valence-corrected chi connectivity index (χ1v) is 5.72. The van der Waals surface area contributed by atoms with Crippen molar-refractivity contribution in [2.24, 2.45) is 5.41 Å². The van der Waals surface area contributed by atoms with Crippen LogP contribution in [0.5, 0.6) is 5.75 Å². The van der Waals surface area contributed by atoms with Crippen LogP contribution in [0.2, 0.25) is 0 Å². The molecule has 0 radical (unpaired) electrons. The number of halogens is 1. The van der Waals surface area contributed by atoms with Crippen molar-refractivity contribution in [1.29, 1.82) is 5.26 Å². The lowest BCUT2D eigenvalue weighted by Gasteiger charge is -2.19. The van der Waals surface area contributed by atoms with Gasteiger partial charge < -0.3 is 9.84 Å². The van der Waals surface area contributed by atoms with Gasteiger partial charge >= 0.3 is 5.97 Å². The number of nitriles is 1. The number of hydrogen-bond donors (Lipinski definition) is 1. The van der Waals surface area contributed by atoms with Gasteiger partial charge in [-0.05, 0) is 32.0 Å². The van der Waals surface area contributed by atoms with Crippen molar-refractivity contribution >= 4 is 21.9 Å². The highest BCUT2D eigenvalue weighted by molar-refractivity contribution is 9.10. The number of rotatable bonds is 4. The number of carbonyl (C=O) groups is 1. The summed E-state index contributed by atoms with van der Waals surface area (Å²) in [4.78, 5) is 10.9. The number of nitrogens with zero attached hydrogens (tertiary/aromatic N) is 1. The first-order chi connectivity index (χ1) is 7.86. The van der Waals surface area contributed by atoms with Crippen LogP contribution in [0.15, 0.2) is 22.7 Å². The minimum atomic E-state index is -0.986. The molecule has 0 atom stereocenters. The monoisotopic (exact) mass is 297 g/mol. The highest BCUT2D eigenvalue weighted by atomic mass is 79.9. The molecule has 0 aliphatic heterocycles. The maximum Gasteiger partial charge on any atom is 0.312 e. The molecule has 0 amide bonds. The molecule has 0 saturated heterocycles. The average Bonchev–Trinajstić information content (AvgIpc) is 2.27. The standard InChI is InChI=1S/C12H12BrNO3/c1-12(2,11(15)16)7-17-10-4-3-9(13)5-8(10)6-14/h3-5H,7H2,1-2H3,(H,15,16). The summed E-state index contributed by atoms with van der Waals surface area (Å²) in [6.45, 7) is 3.15. The largest absolute Gasteiger partial charge is 0.491 e. The van der Waals surface area contributed by atoms with E-state index in [-0.39, 0.29) is 6.61 Å². The molecule has 0 bridgehead atoms. The van der Waals surface area contributed by atoms with E-state index >= 15 is 0 Å². The van der Waals surface area contributed by atoms with Gasteiger partial charge in [-0.3, -0.25) is 4.79 Å². The maximum absolute atomic E-state index is 10.9. The molecule has 1 rings (SSSR count). The molecule has 90 valence electrons. The van der Waals surface area contributed by atoms with Gasteiger partial charge in [0.15, 0.2) is 0 Å². The van der Waals surface area contributed by atoms with Crippen LogP contribution in [0, 0.1) is 16.7 Å². The van der Waals surface area contributed by atoms with E-state index in [1.54, 1.807) is 32.0 Å². The summed E-state index contributed by atoms with van der Waals surface area (Å²) in [7, 11) is 0. The van der Waals surface area contributed by atoms with E-state index in [4.69, 9.17) is 15.1 Å². The van der Waals surface area contributed by atoms with Gasteiger partial charge in [0, 0.05) is 4.47 Å². The zero-order valence-electron chi connectivity index (χ0n) is 9.53. The highest BCUT2D eigenvalue weighted by Gasteiger charge is 2.28. The molecule has 0 spiro atoms. The lowest BCUT2D eigenvalue weighted by molar-refractivity contribution is -0.148. The Balaban J connectivity index is 2.84. The minimum Gasteiger partial charge on any atom is -0.491 e. The van der Waals surface area contributed by atoms with Crippen LogP contribution < -0.4 is 4.74 Å². The number of aliphatic carboxylic acids is 1. The highest BCUT2D eigenvalue weighted by Crippen LogP contribution is 2.25. The number of carboxylic acids is 1. The quantitative estimate of drug-likeness (QED) is 0.928. The molecule has 1 aromatic rings. The summed E-state index contributed by atoms with van der Waals surface area (Å²) in [6.07, 6.45) is 0. The molecule has 0 fully saturated rings. The van der Waals surface area contributed by atoms with Gasteiger partial charge in [0.1, 0.15) is 18.4 Å². The molecule has 0 saturated carbocycles. The predicted octanol–water partition coefficient (Wildman–Crippen LogP) is 2.81. The zero-order valence-corrected chi connectivity index (χ0v) is 11.1. The molecule has 0 unspecified atom stereocenters. The van der Waals surface area contributed by atoms with Gasteiger partial charge in [0.05, 0.1) is 11.0 Å². The molecule has 0 heterocycles. The summed E-state index contributed by atoms with van der Waals surface area (Å²) in [5.41, 5.74) is -0.611. The molecular weight excluding hydrogens is 286 g/mol.